The Kier molecular flexibility index (Phi) is 5.13. The first kappa shape index (κ1) is 21.8. The molecule has 8 nitrogen and oxygen atoms in total. The van der Waals surface area contributed by atoms with Crippen molar-refractivity contribution in [1.82, 2.24) is 24.9 Å². The molecule has 11 heteroatoms. The summed E-state index contributed by atoms with van der Waals surface area (Å²) in [4.78, 5) is 21.1. The van der Waals surface area contributed by atoms with Crippen LogP contribution in [0.5, 0.6) is 0 Å². The normalized spacial score (nSPS) is 23.7. The van der Waals surface area contributed by atoms with E-state index in [2.05, 4.69) is 15.4 Å². The summed E-state index contributed by atoms with van der Waals surface area (Å²) in [6, 6.07) is 3.31. The van der Waals surface area contributed by atoms with Crippen LogP contribution in [0, 0.1) is 0 Å². The number of aromatic nitrogens is 4. The van der Waals surface area contributed by atoms with Gasteiger partial charge in [-0.1, -0.05) is 6.07 Å². The molecule has 1 unspecified atom stereocenters. The van der Waals surface area contributed by atoms with Crippen molar-refractivity contribution < 1.29 is 23.1 Å². The maximum Gasteiger partial charge on any atom is 0.420 e. The van der Waals surface area contributed by atoms with E-state index in [1.165, 1.54) is 29.9 Å². The molecule has 2 fully saturated rings. The van der Waals surface area contributed by atoms with Crippen LogP contribution in [-0.4, -0.2) is 48.7 Å². The molecule has 0 amide bonds. The van der Waals surface area contributed by atoms with Crippen molar-refractivity contribution in [3.63, 3.8) is 0 Å². The van der Waals surface area contributed by atoms with E-state index in [1.54, 1.807) is 0 Å². The molecule has 4 N–H and O–H groups in total. The molecule has 2 aliphatic rings. The molecule has 0 spiro atoms. The minimum absolute atomic E-state index is 0.0696. The van der Waals surface area contributed by atoms with Crippen LogP contribution in [0.2, 0.25) is 0 Å². The van der Waals surface area contributed by atoms with Crippen LogP contribution >= 0.6 is 0 Å². The Labute approximate surface area is 187 Å². The first-order valence-electron chi connectivity index (χ1n) is 10.8. The lowest BCUT2D eigenvalue weighted by atomic mass is 9.86. The number of Topliss-reactive ketones (excluding diaryl/α,β-unsaturated/α-hetero) is 1. The van der Waals surface area contributed by atoms with E-state index in [4.69, 9.17) is 10.7 Å². The lowest BCUT2D eigenvalue weighted by Crippen LogP contribution is -2.38. The number of nitrogens with two attached hydrogens (primary N) is 1. The zero-order valence-corrected chi connectivity index (χ0v) is 17.8. The summed E-state index contributed by atoms with van der Waals surface area (Å²) >= 11 is 0. The van der Waals surface area contributed by atoms with E-state index in [-0.39, 0.29) is 17.5 Å². The standard InChI is InChI=1S/C22H23F3N6O2/c1-10(32)17-18(12-6-13-3-4-14(7-12)29-13)30-21-15(9-28-31(21)20(17)26)11-2-5-16(27-8-11)19(33)22(23,24)25/h2,5,8-9,12-14,19,29,33H,3-4,6-7,26H2,1H3/t12-,13-,14+,19?. The van der Waals surface area contributed by atoms with Gasteiger partial charge in [0.15, 0.2) is 17.5 Å². The van der Waals surface area contributed by atoms with Crippen LogP contribution in [0.1, 0.15) is 66.4 Å². The minimum atomic E-state index is -4.80. The van der Waals surface area contributed by atoms with E-state index >= 15 is 0 Å². The quantitative estimate of drug-likeness (QED) is 0.512. The van der Waals surface area contributed by atoms with Gasteiger partial charge in [0, 0.05) is 35.3 Å². The van der Waals surface area contributed by atoms with Crippen molar-refractivity contribution in [1.29, 1.82) is 0 Å². The van der Waals surface area contributed by atoms with Gasteiger partial charge in [-0.15, -0.1) is 0 Å². The van der Waals surface area contributed by atoms with Gasteiger partial charge in [-0.05, 0) is 38.7 Å². The van der Waals surface area contributed by atoms with Gasteiger partial charge < -0.3 is 16.2 Å². The van der Waals surface area contributed by atoms with Crippen LogP contribution in [0.3, 0.4) is 0 Å². The van der Waals surface area contributed by atoms with E-state index in [0.717, 1.165) is 31.7 Å². The molecular formula is C22H23F3N6O2. The number of nitrogens with zero attached hydrogens (tertiary/aromatic N) is 4. The average Bonchev–Trinajstić information content (AvgIpc) is 3.35. The Morgan fingerprint density at radius 2 is 1.94 bits per heavy atom. The number of hydrogen-bond donors (Lipinski definition) is 3. The van der Waals surface area contributed by atoms with Crippen LogP contribution in [0.25, 0.3) is 16.8 Å². The van der Waals surface area contributed by atoms with Crippen LogP contribution < -0.4 is 11.1 Å². The van der Waals surface area contributed by atoms with Gasteiger partial charge >= 0.3 is 6.18 Å². The number of carbonyl (C=O) groups excluding carboxylic acids is 1. The molecule has 4 atom stereocenters. The molecule has 5 heterocycles. The van der Waals surface area contributed by atoms with Crippen molar-refractivity contribution in [2.24, 2.45) is 0 Å². The molecule has 2 saturated heterocycles. The molecular weight excluding hydrogens is 437 g/mol. The third kappa shape index (κ3) is 3.74. The van der Waals surface area contributed by atoms with Crippen molar-refractivity contribution in [2.45, 2.75) is 62.9 Å². The molecule has 3 aromatic heterocycles. The Morgan fingerprint density at radius 1 is 1.24 bits per heavy atom. The molecule has 5 rings (SSSR count). The lowest BCUT2D eigenvalue weighted by molar-refractivity contribution is -0.207. The largest absolute Gasteiger partial charge is 0.420 e. The molecule has 0 radical (unpaired) electrons. The summed E-state index contributed by atoms with van der Waals surface area (Å²) in [5.74, 6) is 0.0730. The summed E-state index contributed by atoms with van der Waals surface area (Å²) in [5, 5.41) is 17.3. The predicted octanol–water partition coefficient (Wildman–Crippen LogP) is 3.17. The van der Waals surface area contributed by atoms with Gasteiger partial charge in [0.25, 0.3) is 0 Å². The monoisotopic (exact) mass is 460 g/mol. The van der Waals surface area contributed by atoms with E-state index < -0.39 is 18.0 Å². The summed E-state index contributed by atoms with van der Waals surface area (Å²) in [7, 11) is 0. The number of nitrogens with one attached hydrogen (secondary N) is 1. The predicted molar refractivity (Wildman–Crippen MR) is 114 cm³/mol. The number of aliphatic hydroxyl groups is 1. The van der Waals surface area contributed by atoms with Crippen molar-refractivity contribution in [2.75, 3.05) is 5.73 Å². The van der Waals surface area contributed by atoms with Gasteiger partial charge in [-0.25, -0.2) is 4.98 Å². The van der Waals surface area contributed by atoms with Gasteiger partial charge in [0.1, 0.15) is 5.82 Å². The average molecular weight is 460 g/mol. The highest BCUT2D eigenvalue weighted by Gasteiger charge is 2.40. The van der Waals surface area contributed by atoms with Crippen molar-refractivity contribution in [3.05, 3.63) is 41.5 Å². The number of alkyl halides is 3. The van der Waals surface area contributed by atoms with Crippen LogP contribution in [0.4, 0.5) is 19.0 Å². The van der Waals surface area contributed by atoms with Crippen LogP contribution in [-0.2, 0) is 0 Å². The maximum atomic E-state index is 12.8. The second kappa shape index (κ2) is 7.77. The second-order valence-electron chi connectivity index (χ2n) is 8.83. The zero-order chi connectivity index (χ0) is 23.5. The van der Waals surface area contributed by atoms with E-state index in [0.29, 0.717) is 40.1 Å². The number of anilines is 1. The molecule has 2 aliphatic heterocycles. The Morgan fingerprint density at radius 3 is 2.52 bits per heavy atom. The zero-order valence-electron chi connectivity index (χ0n) is 17.8. The van der Waals surface area contributed by atoms with Gasteiger partial charge in [-0.3, -0.25) is 9.78 Å². The fraction of sp³-hybridized carbons (Fsp3) is 0.455. The Balaban J connectivity index is 1.59. The molecule has 0 saturated carbocycles. The third-order valence-corrected chi connectivity index (χ3v) is 6.61. The minimum Gasteiger partial charge on any atom is -0.383 e. The summed E-state index contributed by atoms with van der Waals surface area (Å²) in [5.41, 5.74) is 8.28. The number of aliphatic hydroxyl groups excluding tert-OH is 1. The first-order chi connectivity index (χ1) is 15.6. The maximum absolute atomic E-state index is 12.8. The fourth-order valence-corrected chi connectivity index (χ4v) is 5.07. The first-order valence-corrected chi connectivity index (χ1v) is 10.8. The smallest absolute Gasteiger partial charge is 0.383 e. The number of hydrogen-bond acceptors (Lipinski definition) is 7. The highest BCUT2D eigenvalue weighted by atomic mass is 19.4. The van der Waals surface area contributed by atoms with Crippen LogP contribution in [0.15, 0.2) is 24.5 Å². The molecule has 174 valence electrons. The molecule has 33 heavy (non-hydrogen) atoms. The number of nitrogen functional groups attached to an aromatic ring is 1. The summed E-state index contributed by atoms with van der Waals surface area (Å²) in [6.07, 6.45) is -0.839. The number of fused-ring (bicyclic) bond motifs is 3. The van der Waals surface area contributed by atoms with Gasteiger partial charge in [-0.2, -0.15) is 22.8 Å². The number of pyridine rings is 1. The topological polar surface area (TPSA) is 118 Å². The lowest BCUT2D eigenvalue weighted by Gasteiger charge is -2.30. The van der Waals surface area contributed by atoms with Gasteiger partial charge in [0.2, 0.25) is 0 Å². The second-order valence-corrected chi connectivity index (χ2v) is 8.83. The Hall–Kier alpha value is -3.05. The highest BCUT2D eigenvalue weighted by Crippen LogP contribution is 2.40. The Bertz CT molecular complexity index is 1210. The number of halogens is 3. The van der Waals surface area contributed by atoms with Crippen molar-refractivity contribution in [3.8, 4) is 11.1 Å². The third-order valence-electron chi connectivity index (χ3n) is 6.61. The molecule has 0 aromatic carbocycles. The fourth-order valence-electron chi connectivity index (χ4n) is 5.07. The summed E-state index contributed by atoms with van der Waals surface area (Å²) in [6.45, 7) is 1.46. The number of carbonyl (C=O) groups is 1. The number of piperidine rings is 1. The highest BCUT2D eigenvalue weighted by molar-refractivity contribution is 6.00. The summed E-state index contributed by atoms with van der Waals surface area (Å²) < 4.78 is 39.7. The SMILES string of the molecule is CC(=O)c1c([C@@H]2C[C@H]3CC[C@@H](C2)N3)nc2c(-c3ccc(C(O)C(F)(F)F)nc3)cnn2c1N. The van der Waals surface area contributed by atoms with E-state index in [9.17, 15) is 23.1 Å². The number of ketones is 1. The molecule has 2 bridgehead atoms. The van der Waals surface area contributed by atoms with Crippen molar-refractivity contribution >= 4 is 17.2 Å². The van der Waals surface area contributed by atoms with Gasteiger partial charge in [0.05, 0.1) is 23.1 Å². The number of rotatable bonds is 4. The molecule has 0 aliphatic carbocycles. The van der Waals surface area contributed by atoms with E-state index in [1.807, 2.05) is 0 Å². The molecule has 3 aromatic rings.